The first-order valence-corrected chi connectivity index (χ1v) is 5.22. The number of likely N-dealkylation sites (tertiary alicyclic amines) is 1. The number of aliphatic carboxylic acids is 1. The predicted octanol–water partition coefficient (Wildman–Crippen LogP) is -1.16. The minimum absolute atomic E-state index is 0.0302. The lowest BCUT2D eigenvalue weighted by atomic mass is 10.1. The molecule has 1 aliphatic rings. The number of methoxy groups -OCH3 is 1. The highest BCUT2D eigenvalue weighted by molar-refractivity contribution is 5.90. The third kappa shape index (κ3) is 2.94. The van der Waals surface area contributed by atoms with E-state index in [9.17, 15) is 14.4 Å². The Balaban J connectivity index is 2.74. The molecular formula is C10H15NO6. The van der Waals surface area contributed by atoms with Gasteiger partial charge in [-0.2, -0.15) is 0 Å². The van der Waals surface area contributed by atoms with E-state index in [1.165, 1.54) is 7.11 Å². The van der Waals surface area contributed by atoms with Crippen molar-refractivity contribution in [2.24, 2.45) is 5.92 Å². The van der Waals surface area contributed by atoms with Crippen LogP contribution in [0.4, 0.5) is 0 Å². The van der Waals surface area contributed by atoms with Crippen molar-refractivity contribution in [1.82, 2.24) is 4.90 Å². The number of hydrogen-bond donors (Lipinski definition) is 2. The number of carbonyl (C=O) groups is 3. The second-order valence-corrected chi connectivity index (χ2v) is 3.84. The number of amides is 1. The van der Waals surface area contributed by atoms with Gasteiger partial charge in [0.25, 0.3) is 0 Å². The topological polar surface area (TPSA) is 104 Å². The maximum absolute atomic E-state index is 11.6. The Bertz CT molecular complexity index is 329. The van der Waals surface area contributed by atoms with Crippen LogP contribution >= 0.6 is 0 Å². The fourth-order valence-corrected chi connectivity index (χ4v) is 1.89. The molecule has 1 aliphatic heterocycles. The number of nitrogens with zero attached hydrogens (tertiary/aromatic N) is 1. The number of carboxylic acids is 1. The van der Waals surface area contributed by atoms with E-state index >= 15 is 0 Å². The van der Waals surface area contributed by atoms with Crippen LogP contribution in [0.2, 0.25) is 0 Å². The third-order valence-corrected chi connectivity index (χ3v) is 2.76. The van der Waals surface area contributed by atoms with Crippen LogP contribution in [0, 0.1) is 5.92 Å². The first kappa shape index (κ1) is 13.4. The zero-order valence-corrected chi connectivity index (χ0v) is 9.46. The first-order valence-electron chi connectivity index (χ1n) is 5.22. The zero-order valence-electron chi connectivity index (χ0n) is 9.46. The highest BCUT2D eigenvalue weighted by atomic mass is 16.5. The van der Waals surface area contributed by atoms with E-state index in [1.807, 2.05) is 0 Å². The molecule has 17 heavy (non-hydrogen) atoms. The molecule has 2 atom stereocenters. The fraction of sp³-hybridized carbons (Fsp3) is 0.700. The Morgan fingerprint density at radius 3 is 2.71 bits per heavy atom. The lowest BCUT2D eigenvalue weighted by Crippen LogP contribution is -2.43. The van der Waals surface area contributed by atoms with Crippen LogP contribution in [0.5, 0.6) is 0 Å². The summed E-state index contributed by atoms with van der Waals surface area (Å²) in [5, 5.41) is 17.7. The van der Waals surface area contributed by atoms with E-state index in [0.29, 0.717) is 0 Å². The number of carboxylic acid groups (broad SMARTS) is 1. The normalized spacial score (nSPS) is 21.4. The molecule has 0 aromatic rings. The van der Waals surface area contributed by atoms with Crippen LogP contribution in [0.15, 0.2) is 0 Å². The van der Waals surface area contributed by atoms with Gasteiger partial charge in [0.05, 0.1) is 13.0 Å². The number of hydrogen-bond acceptors (Lipinski definition) is 5. The van der Waals surface area contributed by atoms with Crippen molar-refractivity contribution in [3.05, 3.63) is 0 Å². The van der Waals surface area contributed by atoms with Crippen LogP contribution in [-0.4, -0.2) is 59.3 Å². The summed E-state index contributed by atoms with van der Waals surface area (Å²) in [6.07, 6.45) is -0.0865. The lowest BCUT2D eigenvalue weighted by Gasteiger charge is -2.23. The van der Waals surface area contributed by atoms with Gasteiger partial charge in [0.15, 0.2) is 0 Å². The van der Waals surface area contributed by atoms with Crippen LogP contribution in [0.3, 0.4) is 0 Å². The number of rotatable bonds is 5. The molecule has 0 spiro atoms. The summed E-state index contributed by atoms with van der Waals surface area (Å²) in [4.78, 5) is 34.9. The molecule has 1 rings (SSSR count). The maximum atomic E-state index is 11.6. The van der Waals surface area contributed by atoms with E-state index < -0.39 is 29.8 Å². The molecule has 1 heterocycles. The molecule has 7 heteroatoms. The molecule has 1 fully saturated rings. The minimum Gasteiger partial charge on any atom is -0.480 e. The summed E-state index contributed by atoms with van der Waals surface area (Å²) in [6, 6.07) is -1.08. The maximum Gasteiger partial charge on any atom is 0.326 e. The van der Waals surface area contributed by atoms with Gasteiger partial charge >= 0.3 is 11.9 Å². The van der Waals surface area contributed by atoms with Gasteiger partial charge in [-0.15, -0.1) is 0 Å². The molecule has 0 aromatic carbocycles. The SMILES string of the molecule is COC(=O)C1CC(=O)N(C(CCO)C(=O)O)C1. The molecule has 0 radical (unpaired) electrons. The Hall–Kier alpha value is -1.63. The standard InChI is InChI=1S/C10H15NO6/c1-17-10(16)6-4-8(13)11(5-6)7(2-3-12)9(14)15/h6-7,12H,2-5H2,1H3,(H,14,15). The van der Waals surface area contributed by atoms with Gasteiger partial charge in [0.1, 0.15) is 6.04 Å². The lowest BCUT2D eigenvalue weighted by molar-refractivity contribution is -0.149. The Morgan fingerprint density at radius 2 is 2.24 bits per heavy atom. The smallest absolute Gasteiger partial charge is 0.326 e. The van der Waals surface area contributed by atoms with Gasteiger partial charge in [0.2, 0.25) is 5.91 Å². The fourth-order valence-electron chi connectivity index (χ4n) is 1.89. The first-order chi connectivity index (χ1) is 8.01. The Labute approximate surface area is 98.0 Å². The number of carbonyl (C=O) groups excluding carboxylic acids is 2. The molecule has 0 aromatic heterocycles. The van der Waals surface area contributed by atoms with Crippen LogP contribution in [-0.2, 0) is 19.1 Å². The average molecular weight is 245 g/mol. The molecule has 0 saturated carbocycles. The van der Waals surface area contributed by atoms with Gasteiger partial charge in [-0.1, -0.05) is 0 Å². The van der Waals surface area contributed by atoms with Gasteiger partial charge in [-0.05, 0) is 0 Å². The van der Waals surface area contributed by atoms with Gasteiger partial charge in [0, 0.05) is 26.0 Å². The predicted molar refractivity (Wildman–Crippen MR) is 55.0 cm³/mol. The summed E-state index contributed by atoms with van der Waals surface area (Å²) in [7, 11) is 1.22. The average Bonchev–Trinajstić information content (AvgIpc) is 2.66. The molecule has 1 amide bonds. The molecule has 0 aliphatic carbocycles. The number of aliphatic hydroxyl groups is 1. The summed E-state index contributed by atoms with van der Waals surface area (Å²) >= 11 is 0. The van der Waals surface area contributed by atoms with Crippen molar-refractivity contribution in [3.8, 4) is 0 Å². The summed E-state index contributed by atoms with van der Waals surface area (Å²) in [6.45, 7) is -0.299. The quantitative estimate of drug-likeness (QED) is 0.592. The monoisotopic (exact) mass is 245 g/mol. The Morgan fingerprint density at radius 1 is 1.59 bits per heavy atom. The molecule has 1 saturated heterocycles. The minimum atomic E-state index is -1.18. The van der Waals surface area contributed by atoms with Gasteiger partial charge in [-0.3, -0.25) is 9.59 Å². The van der Waals surface area contributed by atoms with E-state index in [1.54, 1.807) is 0 Å². The van der Waals surface area contributed by atoms with Gasteiger partial charge in [-0.25, -0.2) is 4.79 Å². The van der Waals surface area contributed by atoms with Crippen molar-refractivity contribution in [3.63, 3.8) is 0 Å². The van der Waals surface area contributed by atoms with Crippen molar-refractivity contribution in [2.75, 3.05) is 20.3 Å². The summed E-state index contributed by atoms with van der Waals surface area (Å²) in [5.41, 5.74) is 0. The highest BCUT2D eigenvalue weighted by Gasteiger charge is 2.40. The second kappa shape index (κ2) is 5.62. The Kier molecular flexibility index (Phi) is 4.45. The van der Waals surface area contributed by atoms with Crippen LogP contribution in [0.1, 0.15) is 12.8 Å². The molecule has 2 unspecified atom stereocenters. The highest BCUT2D eigenvalue weighted by Crippen LogP contribution is 2.22. The van der Waals surface area contributed by atoms with E-state index in [2.05, 4.69) is 4.74 Å². The number of esters is 1. The molecule has 2 N–H and O–H groups in total. The largest absolute Gasteiger partial charge is 0.480 e. The zero-order chi connectivity index (χ0) is 13.0. The second-order valence-electron chi connectivity index (χ2n) is 3.84. The summed E-state index contributed by atoms with van der Waals surface area (Å²) in [5.74, 6) is -2.72. The van der Waals surface area contributed by atoms with E-state index in [-0.39, 0.29) is 26.0 Å². The third-order valence-electron chi connectivity index (χ3n) is 2.76. The van der Waals surface area contributed by atoms with Crippen molar-refractivity contribution in [2.45, 2.75) is 18.9 Å². The molecular weight excluding hydrogens is 230 g/mol. The molecule has 0 bridgehead atoms. The van der Waals surface area contributed by atoms with Crippen molar-refractivity contribution < 1.29 is 29.3 Å². The van der Waals surface area contributed by atoms with Gasteiger partial charge < -0.3 is 19.8 Å². The van der Waals surface area contributed by atoms with Crippen molar-refractivity contribution >= 4 is 17.8 Å². The number of aliphatic hydroxyl groups excluding tert-OH is 1. The van der Waals surface area contributed by atoms with Crippen LogP contribution in [0.25, 0.3) is 0 Å². The van der Waals surface area contributed by atoms with Crippen molar-refractivity contribution in [1.29, 1.82) is 0 Å². The van der Waals surface area contributed by atoms with E-state index in [4.69, 9.17) is 10.2 Å². The molecule has 96 valence electrons. The van der Waals surface area contributed by atoms with E-state index in [0.717, 1.165) is 4.90 Å². The molecule has 7 nitrogen and oxygen atoms in total. The van der Waals surface area contributed by atoms with Crippen LogP contribution < -0.4 is 0 Å². The number of ether oxygens (including phenoxy) is 1. The summed E-state index contributed by atoms with van der Waals surface area (Å²) < 4.78 is 4.52.